The smallest absolute Gasteiger partial charge is 0.0622 e. The fourth-order valence-corrected chi connectivity index (χ4v) is 1.21. The van der Waals surface area contributed by atoms with E-state index in [1.54, 1.807) is 24.3 Å². The minimum absolute atomic E-state index is 0.524. The Morgan fingerprint density at radius 1 is 0.714 bits per heavy atom. The Bertz CT molecular complexity index is 434. The third-order valence-electron chi connectivity index (χ3n) is 1.96. The average molecular weight is 182 g/mol. The molecule has 2 aromatic carbocycles. The van der Waals surface area contributed by atoms with Crippen LogP contribution in [0.5, 0.6) is 0 Å². The zero-order valence-corrected chi connectivity index (χ0v) is 7.77. The van der Waals surface area contributed by atoms with Crippen LogP contribution in [-0.2, 0) is 0 Å². The van der Waals surface area contributed by atoms with Crippen molar-refractivity contribution >= 4 is 12.2 Å². The lowest BCUT2D eigenvalue weighted by molar-refractivity contribution is 1.65. The summed E-state index contributed by atoms with van der Waals surface area (Å²) < 4.78 is 14.7. The highest BCUT2D eigenvalue weighted by atomic mass is 13.9. The van der Waals surface area contributed by atoms with Crippen molar-refractivity contribution < 1.29 is 2.74 Å². The average Bonchev–Trinajstić information content (AvgIpc) is 2.30. The summed E-state index contributed by atoms with van der Waals surface area (Å²) in [6.07, 6.45) is 4.00. The van der Waals surface area contributed by atoms with Gasteiger partial charge in [0.1, 0.15) is 0 Å². The van der Waals surface area contributed by atoms with E-state index in [2.05, 4.69) is 0 Å². The van der Waals surface area contributed by atoms with Crippen molar-refractivity contribution in [2.45, 2.75) is 0 Å². The van der Waals surface area contributed by atoms with E-state index in [9.17, 15) is 0 Å². The van der Waals surface area contributed by atoms with Crippen molar-refractivity contribution in [3.63, 3.8) is 0 Å². The lowest BCUT2D eigenvalue weighted by atomic mass is 10.1. The molecule has 0 aliphatic carbocycles. The SMILES string of the molecule is [2H]c1ccc(/C=C\c2ccc([2H])cc2)cc1. The van der Waals surface area contributed by atoms with Gasteiger partial charge in [0.15, 0.2) is 0 Å². The van der Waals surface area contributed by atoms with Crippen molar-refractivity contribution in [3.8, 4) is 0 Å². The lowest BCUT2D eigenvalue weighted by Crippen LogP contribution is -1.70. The Morgan fingerprint density at radius 3 is 1.43 bits per heavy atom. The summed E-state index contributed by atoms with van der Waals surface area (Å²) in [6, 6.07) is 15.8. The molecule has 0 fully saturated rings. The van der Waals surface area contributed by atoms with E-state index in [0.29, 0.717) is 12.1 Å². The van der Waals surface area contributed by atoms with Gasteiger partial charge in [-0.05, 0) is 11.1 Å². The Balaban J connectivity index is 2.15. The summed E-state index contributed by atoms with van der Waals surface area (Å²) >= 11 is 0. The van der Waals surface area contributed by atoms with E-state index < -0.39 is 0 Å². The second-order valence-corrected chi connectivity index (χ2v) is 3.00. The molecule has 0 heterocycles. The fraction of sp³-hybridized carbons (Fsp3) is 0. The first-order valence-electron chi connectivity index (χ1n) is 5.55. The molecule has 0 amide bonds. The molecule has 0 nitrogen and oxygen atoms in total. The van der Waals surface area contributed by atoms with Crippen molar-refractivity contribution in [1.29, 1.82) is 0 Å². The molecule has 0 aromatic heterocycles. The van der Waals surface area contributed by atoms with E-state index in [4.69, 9.17) is 2.74 Å². The minimum Gasteiger partial charge on any atom is -0.0622 e. The maximum atomic E-state index is 7.37. The van der Waals surface area contributed by atoms with Gasteiger partial charge in [0.25, 0.3) is 0 Å². The van der Waals surface area contributed by atoms with Gasteiger partial charge in [0.2, 0.25) is 0 Å². The van der Waals surface area contributed by atoms with E-state index in [1.165, 1.54) is 0 Å². The third kappa shape index (κ3) is 2.33. The Kier molecular flexibility index (Phi) is 2.09. The van der Waals surface area contributed by atoms with Gasteiger partial charge in [-0.2, -0.15) is 0 Å². The van der Waals surface area contributed by atoms with E-state index in [1.807, 2.05) is 36.4 Å². The van der Waals surface area contributed by atoms with Crippen LogP contribution in [0.1, 0.15) is 13.9 Å². The molecular weight excluding hydrogens is 168 g/mol. The number of benzene rings is 2. The summed E-state index contributed by atoms with van der Waals surface area (Å²) in [5.41, 5.74) is 2.15. The summed E-state index contributed by atoms with van der Waals surface area (Å²) in [4.78, 5) is 0. The molecule has 2 aromatic rings. The zero-order valence-electron chi connectivity index (χ0n) is 9.77. The number of hydrogen-bond donors (Lipinski definition) is 0. The molecule has 0 aliphatic heterocycles. The Hall–Kier alpha value is -1.82. The molecule has 0 heteroatoms. The fourth-order valence-electron chi connectivity index (χ4n) is 1.21. The molecule has 0 spiro atoms. The predicted molar refractivity (Wildman–Crippen MR) is 61.8 cm³/mol. The van der Waals surface area contributed by atoms with Crippen molar-refractivity contribution in [2.75, 3.05) is 0 Å². The molecule has 0 unspecified atom stereocenters. The van der Waals surface area contributed by atoms with Crippen LogP contribution in [0.25, 0.3) is 12.2 Å². The number of hydrogen-bond acceptors (Lipinski definition) is 0. The maximum Gasteiger partial charge on any atom is 0.0623 e. The van der Waals surface area contributed by atoms with Gasteiger partial charge in [-0.15, -0.1) is 0 Å². The van der Waals surface area contributed by atoms with Crippen LogP contribution < -0.4 is 0 Å². The van der Waals surface area contributed by atoms with Gasteiger partial charge in [-0.1, -0.05) is 72.8 Å². The standard InChI is InChI=1S/C14H12/c1-3-7-13(8-4-1)11-12-14-9-5-2-6-10-14/h1-12H/b12-11-/i1D,2D. The second-order valence-electron chi connectivity index (χ2n) is 3.00. The summed E-state index contributed by atoms with van der Waals surface area (Å²) in [7, 11) is 0. The molecule has 0 radical (unpaired) electrons. The molecule has 0 atom stereocenters. The van der Waals surface area contributed by atoms with Gasteiger partial charge >= 0.3 is 0 Å². The first-order valence-corrected chi connectivity index (χ1v) is 4.55. The zero-order chi connectivity index (χ0) is 11.4. The van der Waals surface area contributed by atoms with Gasteiger partial charge in [-0.3, -0.25) is 0 Å². The molecular formula is C14H12. The van der Waals surface area contributed by atoms with Crippen LogP contribution in [0.15, 0.2) is 60.6 Å². The monoisotopic (exact) mass is 182 g/mol. The van der Waals surface area contributed by atoms with Crippen molar-refractivity contribution in [2.24, 2.45) is 0 Å². The van der Waals surface area contributed by atoms with Crippen molar-refractivity contribution in [3.05, 3.63) is 71.7 Å². The molecule has 2 rings (SSSR count). The van der Waals surface area contributed by atoms with Crippen LogP contribution >= 0.6 is 0 Å². The lowest BCUT2D eigenvalue weighted by Gasteiger charge is -1.92. The van der Waals surface area contributed by atoms with Crippen LogP contribution in [0.2, 0.25) is 0 Å². The summed E-state index contributed by atoms with van der Waals surface area (Å²) in [6.45, 7) is 0. The quantitative estimate of drug-likeness (QED) is 0.619. The number of rotatable bonds is 2. The molecule has 0 saturated carbocycles. The topological polar surface area (TPSA) is 0 Å². The normalized spacial score (nSPS) is 12.6. The summed E-state index contributed by atoms with van der Waals surface area (Å²) in [5.74, 6) is 0. The summed E-state index contributed by atoms with van der Waals surface area (Å²) in [5, 5.41) is 0. The highest BCUT2D eigenvalue weighted by Gasteiger charge is 1.84. The van der Waals surface area contributed by atoms with Crippen molar-refractivity contribution in [1.82, 2.24) is 0 Å². The highest BCUT2D eigenvalue weighted by Crippen LogP contribution is 2.06. The molecule has 0 aliphatic rings. The van der Waals surface area contributed by atoms with Gasteiger partial charge < -0.3 is 0 Å². The van der Waals surface area contributed by atoms with Gasteiger partial charge in [0.05, 0.1) is 2.74 Å². The Morgan fingerprint density at radius 2 is 1.07 bits per heavy atom. The molecule has 0 saturated heterocycles. The van der Waals surface area contributed by atoms with Crippen LogP contribution in [0.4, 0.5) is 0 Å². The highest BCUT2D eigenvalue weighted by molar-refractivity contribution is 5.69. The first kappa shape index (κ1) is 6.61. The van der Waals surface area contributed by atoms with Crippen LogP contribution in [0.3, 0.4) is 0 Å². The molecule has 68 valence electrons. The molecule has 14 heavy (non-hydrogen) atoms. The van der Waals surface area contributed by atoms with Gasteiger partial charge in [-0.25, -0.2) is 0 Å². The maximum absolute atomic E-state index is 7.37. The Labute approximate surface area is 87.3 Å². The van der Waals surface area contributed by atoms with E-state index >= 15 is 0 Å². The molecule has 0 N–H and O–H groups in total. The predicted octanol–water partition coefficient (Wildman–Crippen LogP) is 3.86. The van der Waals surface area contributed by atoms with Gasteiger partial charge in [0, 0.05) is 0 Å². The largest absolute Gasteiger partial charge is 0.0623 e. The van der Waals surface area contributed by atoms with E-state index in [0.717, 1.165) is 11.1 Å². The van der Waals surface area contributed by atoms with Crippen LogP contribution in [0, 0.1) is 0 Å². The van der Waals surface area contributed by atoms with E-state index in [-0.39, 0.29) is 0 Å². The third-order valence-corrected chi connectivity index (χ3v) is 1.96. The molecule has 0 bridgehead atoms. The second kappa shape index (κ2) is 4.43. The first-order chi connectivity index (χ1) is 7.74. The minimum atomic E-state index is 0.524. The van der Waals surface area contributed by atoms with Crippen LogP contribution in [-0.4, -0.2) is 0 Å².